The van der Waals surface area contributed by atoms with E-state index >= 15 is 0 Å². The second kappa shape index (κ2) is 10.0. The fourth-order valence-electron chi connectivity index (χ4n) is 2.91. The van der Waals surface area contributed by atoms with Crippen molar-refractivity contribution in [2.75, 3.05) is 6.54 Å². The summed E-state index contributed by atoms with van der Waals surface area (Å²) < 4.78 is 11.4. The molecule has 0 aliphatic heterocycles. The van der Waals surface area contributed by atoms with Gasteiger partial charge in [-0.2, -0.15) is 0 Å². The maximum atomic E-state index is 12.2. The first kappa shape index (κ1) is 20.8. The first-order valence-electron chi connectivity index (χ1n) is 9.62. The molecule has 4 heteroatoms. The van der Waals surface area contributed by atoms with Gasteiger partial charge in [-0.05, 0) is 88.4 Å². The highest BCUT2D eigenvalue weighted by molar-refractivity contribution is 5.80. The largest absolute Gasteiger partial charge is 0.491 e. The number of nitrogens with one attached hydrogen (secondary N) is 1. The SMILES string of the molecule is Cc1cc(C)cc(O[C@H](C)C(=O)NCCCc2ccc(OC(C)C)cc2)c1. The van der Waals surface area contributed by atoms with E-state index in [0.717, 1.165) is 35.5 Å². The topological polar surface area (TPSA) is 47.6 Å². The van der Waals surface area contributed by atoms with Crippen LogP contribution in [0, 0.1) is 13.8 Å². The van der Waals surface area contributed by atoms with Crippen LogP contribution in [-0.2, 0) is 11.2 Å². The van der Waals surface area contributed by atoms with Crippen molar-refractivity contribution in [1.82, 2.24) is 5.32 Å². The minimum atomic E-state index is -0.515. The van der Waals surface area contributed by atoms with Gasteiger partial charge in [0.1, 0.15) is 11.5 Å². The zero-order chi connectivity index (χ0) is 19.8. The summed E-state index contributed by atoms with van der Waals surface area (Å²) in [5, 5.41) is 2.95. The lowest BCUT2D eigenvalue weighted by atomic mass is 10.1. The number of hydrogen-bond donors (Lipinski definition) is 1. The molecule has 146 valence electrons. The average Bonchev–Trinajstić information content (AvgIpc) is 2.58. The number of benzene rings is 2. The van der Waals surface area contributed by atoms with E-state index in [1.807, 2.05) is 52.0 Å². The van der Waals surface area contributed by atoms with Crippen molar-refractivity contribution < 1.29 is 14.3 Å². The Kier molecular flexibility index (Phi) is 7.71. The molecule has 0 aromatic heterocycles. The molecule has 0 fully saturated rings. The van der Waals surface area contributed by atoms with Crippen LogP contribution in [0.3, 0.4) is 0 Å². The number of carbonyl (C=O) groups is 1. The van der Waals surface area contributed by atoms with Crippen molar-refractivity contribution >= 4 is 5.91 Å². The number of rotatable bonds is 9. The predicted octanol–water partition coefficient (Wildman–Crippen LogP) is 4.61. The van der Waals surface area contributed by atoms with Crippen molar-refractivity contribution in [3.63, 3.8) is 0 Å². The van der Waals surface area contributed by atoms with E-state index < -0.39 is 6.10 Å². The van der Waals surface area contributed by atoms with Crippen LogP contribution in [0.25, 0.3) is 0 Å². The lowest BCUT2D eigenvalue weighted by Crippen LogP contribution is -2.37. The Hall–Kier alpha value is -2.49. The van der Waals surface area contributed by atoms with Gasteiger partial charge in [-0.25, -0.2) is 0 Å². The third kappa shape index (κ3) is 7.33. The van der Waals surface area contributed by atoms with Gasteiger partial charge in [0.15, 0.2) is 6.10 Å². The molecule has 0 aliphatic rings. The quantitative estimate of drug-likeness (QED) is 0.657. The fourth-order valence-corrected chi connectivity index (χ4v) is 2.91. The zero-order valence-electron chi connectivity index (χ0n) is 17.0. The molecule has 0 heterocycles. The molecule has 0 saturated carbocycles. The molecule has 0 spiro atoms. The summed E-state index contributed by atoms with van der Waals surface area (Å²) in [7, 11) is 0. The molecule has 1 N–H and O–H groups in total. The van der Waals surface area contributed by atoms with E-state index in [2.05, 4.69) is 23.5 Å². The molecule has 0 bridgehead atoms. The van der Waals surface area contributed by atoms with E-state index in [1.54, 1.807) is 6.92 Å². The van der Waals surface area contributed by atoms with Crippen molar-refractivity contribution in [2.45, 2.75) is 59.7 Å². The summed E-state index contributed by atoms with van der Waals surface area (Å²) in [4.78, 5) is 12.2. The van der Waals surface area contributed by atoms with E-state index in [0.29, 0.717) is 6.54 Å². The lowest BCUT2D eigenvalue weighted by Gasteiger charge is -2.15. The first-order valence-corrected chi connectivity index (χ1v) is 9.62. The van der Waals surface area contributed by atoms with E-state index in [9.17, 15) is 4.79 Å². The van der Waals surface area contributed by atoms with Crippen LogP contribution in [0.4, 0.5) is 0 Å². The van der Waals surface area contributed by atoms with Crippen molar-refractivity contribution in [3.8, 4) is 11.5 Å². The highest BCUT2D eigenvalue weighted by Crippen LogP contribution is 2.18. The van der Waals surface area contributed by atoms with Crippen molar-refractivity contribution in [2.24, 2.45) is 0 Å². The van der Waals surface area contributed by atoms with Crippen LogP contribution in [0.2, 0.25) is 0 Å². The lowest BCUT2D eigenvalue weighted by molar-refractivity contribution is -0.127. The number of hydrogen-bond acceptors (Lipinski definition) is 3. The minimum absolute atomic E-state index is 0.0881. The summed E-state index contributed by atoms with van der Waals surface area (Å²) >= 11 is 0. The zero-order valence-corrected chi connectivity index (χ0v) is 17.0. The maximum Gasteiger partial charge on any atom is 0.260 e. The molecule has 4 nitrogen and oxygen atoms in total. The average molecular weight is 370 g/mol. The van der Waals surface area contributed by atoms with Gasteiger partial charge in [0.25, 0.3) is 5.91 Å². The minimum Gasteiger partial charge on any atom is -0.491 e. The highest BCUT2D eigenvalue weighted by Gasteiger charge is 2.14. The molecule has 2 aromatic rings. The first-order chi connectivity index (χ1) is 12.8. The van der Waals surface area contributed by atoms with Crippen LogP contribution in [0.1, 0.15) is 43.9 Å². The Bertz CT molecular complexity index is 718. The van der Waals surface area contributed by atoms with Gasteiger partial charge in [-0.3, -0.25) is 4.79 Å². The third-order valence-electron chi connectivity index (χ3n) is 4.11. The molecule has 2 rings (SSSR count). The van der Waals surface area contributed by atoms with Crippen LogP contribution in [0.5, 0.6) is 11.5 Å². The molecule has 27 heavy (non-hydrogen) atoms. The van der Waals surface area contributed by atoms with E-state index in [4.69, 9.17) is 9.47 Å². The van der Waals surface area contributed by atoms with Gasteiger partial charge in [-0.1, -0.05) is 18.2 Å². The van der Waals surface area contributed by atoms with Gasteiger partial charge in [0, 0.05) is 6.54 Å². The third-order valence-corrected chi connectivity index (χ3v) is 4.11. The molecule has 2 aromatic carbocycles. The summed E-state index contributed by atoms with van der Waals surface area (Å²) in [6, 6.07) is 14.1. The molecular weight excluding hydrogens is 338 g/mol. The number of ether oxygens (including phenoxy) is 2. The Morgan fingerprint density at radius 2 is 1.56 bits per heavy atom. The molecule has 0 unspecified atom stereocenters. The van der Waals surface area contributed by atoms with Crippen molar-refractivity contribution in [1.29, 1.82) is 0 Å². The van der Waals surface area contributed by atoms with Gasteiger partial charge in [0.05, 0.1) is 6.10 Å². The summed E-state index contributed by atoms with van der Waals surface area (Å²) in [6.45, 7) is 10.5. The Labute approximate surface area is 162 Å². The van der Waals surface area contributed by atoms with Crippen molar-refractivity contribution in [3.05, 3.63) is 59.2 Å². The summed E-state index contributed by atoms with van der Waals surface area (Å²) in [5.41, 5.74) is 3.49. The van der Waals surface area contributed by atoms with E-state index in [-0.39, 0.29) is 12.0 Å². The Morgan fingerprint density at radius 3 is 2.15 bits per heavy atom. The monoisotopic (exact) mass is 369 g/mol. The second-order valence-electron chi connectivity index (χ2n) is 7.29. The van der Waals surface area contributed by atoms with Gasteiger partial charge in [-0.15, -0.1) is 0 Å². The van der Waals surface area contributed by atoms with Crippen LogP contribution in [-0.4, -0.2) is 24.7 Å². The van der Waals surface area contributed by atoms with Crippen LogP contribution < -0.4 is 14.8 Å². The standard InChI is InChI=1S/C23H31NO3/c1-16(2)26-21-10-8-20(9-11-21)7-6-12-24-23(25)19(5)27-22-14-17(3)13-18(4)15-22/h8-11,13-16,19H,6-7,12H2,1-5H3,(H,24,25)/t19-/m1/s1. The summed E-state index contributed by atoms with van der Waals surface area (Å²) in [5.74, 6) is 1.54. The molecule has 1 amide bonds. The van der Waals surface area contributed by atoms with E-state index in [1.165, 1.54) is 5.56 Å². The molecule has 0 saturated heterocycles. The number of amides is 1. The van der Waals surface area contributed by atoms with Gasteiger partial charge < -0.3 is 14.8 Å². The molecule has 0 radical (unpaired) electrons. The summed E-state index contributed by atoms with van der Waals surface area (Å²) in [6.07, 6.45) is 1.46. The van der Waals surface area contributed by atoms with Gasteiger partial charge >= 0.3 is 0 Å². The fraction of sp³-hybridized carbons (Fsp3) is 0.435. The van der Waals surface area contributed by atoms with Gasteiger partial charge in [0.2, 0.25) is 0 Å². The molecule has 0 aliphatic carbocycles. The molecule has 1 atom stereocenters. The maximum absolute atomic E-state index is 12.2. The number of carbonyl (C=O) groups excluding carboxylic acids is 1. The van der Waals surface area contributed by atoms with Crippen LogP contribution in [0.15, 0.2) is 42.5 Å². The van der Waals surface area contributed by atoms with Crippen LogP contribution >= 0.6 is 0 Å². The predicted molar refractivity (Wildman–Crippen MR) is 110 cm³/mol. The highest BCUT2D eigenvalue weighted by atomic mass is 16.5. The second-order valence-corrected chi connectivity index (χ2v) is 7.29. The molecular formula is C23H31NO3. The normalized spacial score (nSPS) is 11.9. The Balaban J connectivity index is 1.72. The number of aryl methyl sites for hydroxylation is 3. The smallest absolute Gasteiger partial charge is 0.260 e. The Morgan fingerprint density at radius 1 is 0.926 bits per heavy atom.